The van der Waals surface area contributed by atoms with E-state index in [1.807, 2.05) is 67.8 Å². The Morgan fingerprint density at radius 1 is 1.05 bits per heavy atom. The number of ether oxygens (including phenoxy) is 1. The number of thioether (sulfide) groups is 1. The molecule has 204 valence electrons. The highest BCUT2D eigenvalue weighted by Crippen LogP contribution is 2.25. The van der Waals surface area contributed by atoms with Crippen molar-refractivity contribution in [1.82, 2.24) is 20.3 Å². The zero-order valence-corrected chi connectivity index (χ0v) is 24.0. The summed E-state index contributed by atoms with van der Waals surface area (Å²) in [5, 5.41) is 3.92. The van der Waals surface area contributed by atoms with Crippen LogP contribution in [0.15, 0.2) is 65.7 Å². The number of hydrogen-bond donors (Lipinski definition) is 2. The molecule has 1 fully saturated rings. The van der Waals surface area contributed by atoms with Crippen molar-refractivity contribution in [2.24, 2.45) is 5.73 Å². The molecule has 2 atom stereocenters. The molecule has 0 spiro atoms. The highest BCUT2D eigenvalue weighted by atomic mass is 32.2. The second-order valence-electron chi connectivity index (χ2n) is 9.48. The van der Waals surface area contributed by atoms with Gasteiger partial charge in [-0.25, -0.2) is 9.97 Å². The molecule has 1 amide bonds. The maximum absolute atomic E-state index is 12.7. The molecule has 1 aliphatic heterocycles. The highest BCUT2D eigenvalue weighted by molar-refractivity contribution is 7.98. The van der Waals surface area contributed by atoms with E-state index in [1.165, 1.54) is 7.05 Å². The summed E-state index contributed by atoms with van der Waals surface area (Å²) in [6.45, 7) is 8.18. The van der Waals surface area contributed by atoms with Gasteiger partial charge in [0.2, 0.25) is 0 Å². The number of nitrogens with zero attached hydrogens (tertiary/aromatic N) is 4. The Morgan fingerprint density at radius 3 is 2.54 bits per heavy atom. The zero-order chi connectivity index (χ0) is 27.9. The summed E-state index contributed by atoms with van der Waals surface area (Å²) in [5.74, 6) is 0.812. The maximum Gasteiger partial charge on any atom is 0.251 e. The summed E-state index contributed by atoms with van der Waals surface area (Å²) >= 11 is 1.64. The lowest BCUT2D eigenvalue weighted by molar-refractivity contribution is -0.00545. The van der Waals surface area contributed by atoms with Crippen molar-refractivity contribution in [3.8, 4) is 11.4 Å². The van der Waals surface area contributed by atoms with Gasteiger partial charge in [-0.2, -0.15) is 0 Å². The van der Waals surface area contributed by atoms with Crippen molar-refractivity contribution in [2.45, 2.75) is 44.4 Å². The predicted molar refractivity (Wildman–Crippen MR) is 159 cm³/mol. The standard InChI is InChI=1S/C29H31N5O2S.CH5N/c1-18-8-9-21(12-27(18)37-4)29(35)31-15-23-13-26-22(14-30-23)10-11-25(32-26)24-6-5-7-28(33-24)34-16-19(2)36-20(3)17-34;1-2/h5-14,19-20H,15-17H2,1-4H3,(H,31,35);2H2,1H3. The molecule has 0 radical (unpaired) electrons. The van der Waals surface area contributed by atoms with Crippen LogP contribution in [0.25, 0.3) is 22.3 Å². The Kier molecular flexibility index (Phi) is 9.50. The van der Waals surface area contributed by atoms with Gasteiger partial charge < -0.3 is 20.7 Å². The minimum absolute atomic E-state index is 0.119. The third-order valence-electron chi connectivity index (χ3n) is 6.47. The van der Waals surface area contributed by atoms with Gasteiger partial charge in [0, 0.05) is 35.1 Å². The highest BCUT2D eigenvalue weighted by Gasteiger charge is 2.23. The number of carbonyl (C=O) groups is 1. The number of benzene rings is 1. The summed E-state index contributed by atoms with van der Waals surface area (Å²) < 4.78 is 5.87. The lowest BCUT2D eigenvalue weighted by Crippen LogP contribution is -2.45. The van der Waals surface area contributed by atoms with Crippen molar-refractivity contribution in [2.75, 3.05) is 31.3 Å². The number of aromatic nitrogens is 3. The van der Waals surface area contributed by atoms with Crippen molar-refractivity contribution in [1.29, 1.82) is 0 Å². The monoisotopic (exact) mass is 544 g/mol. The fourth-order valence-electron chi connectivity index (χ4n) is 4.64. The second-order valence-corrected chi connectivity index (χ2v) is 10.3. The molecule has 39 heavy (non-hydrogen) atoms. The van der Waals surface area contributed by atoms with Gasteiger partial charge in [0.25, 0.3) is 5.91 Å². The molecule has 1 aromatic carbocycles. The average molecular weight is 545 g/mol. The number of aryl methyl sites for hydroxylation is 1. The number of pyridine rings is 3. The third-order valence-corrected chi connectivity index (χ3v) is 7.35. The van der Waals surface area contributed by atoms with Crippen LogP contribution < -0.4 is 16.0 Å². The number of fused-ring (bicyclic) bond motifs is 1. The number of nitrogens with one attached hydrogen (secondary N) is 1. The molecule has 1 saturated heterocycles. The molecule has 2 unspecified atom stereocenters. The van der Waals surface area contributed by atoms with Crippen molar-refractivity contribution in [3.05, 3.63) is 77.6 Å². The van der Waals surface area contributed by atoms with Crippen LogP contribution in [0, 0.1) is 6.92 Å². The molecule has 0 bridgehead atoms. The van der Waals surface area contributed by atoms with E-state index in [1.54, 1.807) is 18.0 Å². The van der Waals surface area contributed by atoms with E-state index in [2.05, 4.69) is 34.8 Å². The molecule has 3 aromatic heterocycles. The molecule has 0 aliphatic carbocycles. The molecule has 0 saturated carbocycles. The molecule has 8 nitrogen and oxygen atoms in total. The van der Waals surface area contributed by atoms with Crippen molar-refractivity contribution >= 4 is 34.4 Å². The molecule has 4 aromatic rings. The number of morpholine rings is 1. The number of carbonyl (C=O) groups excluding carboxylic acids is 1. The average Bonchev–Trinajstić information content (AvgIpc) is 2.96. The topological polar surface area (TPSA) is 106 Å². The van der Waals surface area contributed by atoms with E-state index < -0.39 is 0 Å². The molecule has 5 rings (SSSR count). The summed E-state index contributed by atoms with van der Waals surface area (Å²) in [5.41, 5.74) is 9.50. The van der Waals surface area contributed by atoms with Gasteiger partial charge >= 0.3 is 0 Å². The minimum atomic E-state index is -0.119. The van der Waals surface area contributed by atoms with Gasteiger partial charge in [0.15, 0.2) is 0 Å². The van der Waals surface area contributed by atoms with E-state index in [-0.39, 0.29) is 18.1 Å². The van der Waals surface area contributed by atoms with Crippen LogP contribution in [0.4, 0.5) is 5.82 Å². The van der Waals surface area contributed by atoms with Crippen LogP contribution in [0.1, 0.15) is 35.5 Å². The van der Waals surface area contributed by atoms with Crippen molar-refractivity contribution in [3.63, 3.8) is 0 Å². The van der Waals surface area contributed by atoms with E-state index in [4.69, 9.17) is 14.7 Å². The largest absolute Gasteiger partial charge is 0.372 e. The van der Waals surface area contributed by atoms with Crippen LogP contribution in [-0.4, -0.2) is 59.5 Å². The summed E-state index contributed by atoms with van der Waals surface area (Å²) in [7, 11) is 1.50. The molecule has 4 heterocycles. The SMILES string of the molecule is CN.CSc1cc(C(=O)NCc2cc3nc(-c4cccc(N5CC(C)OC(C)C5)n4)ccc3cn2)ccc1C. The summed E-state index contributed by atoms with van der Waals surface area (Å²) in [6, 6.07) is 17.7. The van der Waals surface area contributed by atoms with Gasteiger partial charge in [0.05, 0.1) is 41.4 Å². The fraction of sp³-hybridized carbons (Fsp3) is 0.333. The van der Waals surface area contributed by atoms with Gasteiger partial charge in [-0.15, -0.1) is 11.8 Å². The van der Waals surface area contributed by atoms with Crippen molar-refractivity contribution < 1.29 is 9.53 Å². The summed E-state index contributed by atoms with van der Waals surface area (Å²) in [6.07, 6.45) is 4.14. The Labute approximate surface area is 234 Å². The van der Waals surface area contributed by atoms with E-state index in [0.29, 0.717) is 12.1 Å². The fourth-order valence-corrected chi connectivity index (χ4v) is 5.27. The Bertz CT molecular complexity index is 1440. The van der Waals surface area contributed by atoms with Crippen LogP contribution >= 0.6 is 11.8 Å². The Balaban J connectivity index is 0.00000172. The lowest BCUT2D eigenvalue weighted by atomic mass is 10.1. The Hall–Kier alpha value is -3.53. The van der Waals surface area contributed by atoms with Gasteiger partial charge in [-0.05, 0) is 82.1 Å². The smallest absolute Gasteiger partial charge is 0.251 e. The molecule has 9 heteroatoms. The maximum atomic E-state index is 12.7. The van der Waals surface area contributed by atoms with Gasteiger partial charge in [-0.1, -0.05) is 12.1 Å². The van der Waals surface area contributed by atoms with Gasteiger partial charge in [-0.3, -0.25) is 9.78 Å². The number of rotatable bonds is 6. The van der Waals surface area contributed by atoms with Crippen LogP contribution in [0.2, 0.25) is 0 Å². The first-order valence-corrected chi connectivity index (χ1v) is 14.3. The van der Waals surface area contributed by atoms with E-state index in [0.717, 1.165) is 57.4 Å². The van der Waals surface area contributed by atoms with E-state index in [9.17, 15) is 4.79 Å². The zero-order valence-electron chi connectivity index (χ0n) is 23.1. The predicted octanol–water partition coefficient (Wildman–Crippen LogP) is 4.84. The third kappa shape index (κ3) is 6.92. The van der Waals surface area contributed by atoms with Gasteiger partial charge in [0.1, 0.15) is 5.82 Å². The first-order valence-electron chi connectivity index (χ1n) is 13.0. The number of nitrogens with two attached hydrogens (primary N) is 1. The van der Waals surface area contributed by atoms with Crippen LogP contribution in [0.3, 0.4) is 0 Å². The van der Waals surface area contributed by atoms with Crippen LogP contribution in [0.5, 0.6) is 0 Å². The number of hydrogen-bond acceptors (Lipinski definition) is 8. The lowest BCUT2D eigenvalue weighted by Gasteiger charge is -2.36. The minimum Gasteiger partial charge on any atom is -0.372 e. The normalized spacial score (nSPS) is 16.9. The molecule has 3 N–H and O–H groups in total. The summed E-state index contributed by atoms with van der Waals surface area (Å²) in [4.78, 5) is 30.4. The molecular weight excluding hydrogens is 508 g/mol. The second kappa shape index (κ2) is 13.0. The molecular formula is C30H36N6O2S. The number of amides is 1. The first kappa shape index (κ1) is 28.5. The van der Waals surface area contributed by atoms with E-state index >= 15 is 0 Å². The quantitative estimate of drug-likeness (QED) is 0.332. The Morgan fingerprint density at radius 2 is 1.79 bits per heavy atom. The number of anilines is 1. The first-order chi connectivity index (χ1) is 18.9. The molecule has 1 aliphatic rings. The van der Waals surface area contributed by atoms with Crippen LogP contribution in [-0.2, 0) is 11.3 Å².